The van der Waals surface area contributed by atoms with Crippen molar-refractivity contribution in [2.45, 2.75) is 6.92 Å². The van der Waals surface area contributed by atoms with Crippen LogP contribution in [0.2, 0.25) is 5.28 Å². The Kier molecular flexibility index (Phi) is 5.05. The van der Waals surface area contributed by atoms with E-state index in [2.05, 4.69) is 56.3 Å². The highest BCUT2D eigenvalue weighted by Gasteiger charge is 2.23. The van der Waals surface area contributed by atoms with Crippen LogP contribution >= 0.6 is 22.9 Å². The quantitative estimate of drug-likeness (QED) is 0.379. The maximum absolute atomic E-state index is 13.2. The third kappa shape index (κ3) is 3.61. The highest BCUT2D eigenvalue weighted by molar-refractivity contribution is 7.17. The number of anilines is 2. The minimum atomic E-state index is -0.212. The molecular formula is C23H20ClFN4S. The first-order valence-corrected chi connectivity index (χ1v) is 11.1. The topological polar surface area (TPSA) is 32.3 Å². The van der Waals surface area contributed by atoms with E-state index in [9.17, 15) is 4.39 Å². The number of nitrogens with zero attached hydrogens (tertiary/aromatic N) is 4. The first kappa shape index (κ1) is 19.3. The molecule has 0 unspecified atom stereocenters. The standard InChI is InChI=1S/C23H20ClFN4S/c1-15-2-4-16(5-3-15)19-14-30-22-20(19)21(26-23(24)27-22)29-12-10-28(11-13-29)18-8-6-17(25)7-9-18/h2-9,14H,10-13H2,1H3. The van der Waals surface area contributed by atoms with E-state index in [0.717, 1.165) is 59.0 Å². The predicted molar refractivity (Wildman–Crippen MR) is 123 cm³/mol. The molecule has 152 valence electrons. The fraction of sp³-hybridized carbons (Fsp3) is 0.217. The molecule has 1 fully saturated rings. The summed E-state index contributed by atoms with van der Waals surface area (Å²) in [5.74, 6) is 0.678. The summed E-state index contributed by atoms with van der Waals surface area (Å²) in [5, 5.41) is 3.47. The maximum Gasteiger partial charge on any atom is 0.225 e. The maximum atomic E-state index is 13.2. The number of aromatic nitrogens is 2. The van der Waals surface area contributed by atoms with Crippen LogP contribution in [0.4, 0.5) is 15.9 Å². The number of fused-ring (bicyclic) bond motifs is 1. The molecule has 0 saturated carbocycles. The fourth-order valence-electron chi connectivity index (χ4n) is 3.90. The molecular weight excluding hydrogens is 419 g/mol. The van der Waals surface area contributed by atoms with Crippen LogP contribution in [0.25, 0.3) is 21.3 Å². The molecule has 1 saturated heterocycles. The van der Waals surface area contributed by atoms with Gasteiger partial charge >= 0.3 is 0 Å². The molecule has 0 spiro atoms. The summed E-state index contributed by atoms with van der Waals surface area (Å²) in [7, 11) is 0. The smallest absolute Gasteiger partial charge is 0.225 e. The van der Waals surface area contributed by atoms with Crippen molar-refractivity contribution in [1.29, 1.82) is 0 Å². The Hall–Kier alpha value is -2.70. The van der Waals surface area contributed by atoms with Gasteiger partial charge in [-0.3, -0.25) is 0 Å². The number of piperazine rings is 1. The molecule has 1 aliphatic heterocycles. The Morgan fingerprint density at radius 3 is 2.27 bits per heavy atom. The number of rotatable bonds is 3. The van der Waals surface area contributed by atoms with Crippen LogP contribution in [-0.4, -0.2) is 36.1 Å². The van der Waals surface area contributed by atoms with Gasteiger partial charge in [0.2, 0.25) is 5.28 Å². The van der Waals surface area contributed by atoms with Gasteiger partial charge in [0.25, 0.3) is 0 Å². The second-order valence-electron chi connectivity index (χ2n) is 7.46. The van der Waals surface area contributed by atoms with Crippen molar-refractivity contribution in [3.05, 3.63) is 70.6 Å². The number of halogens is 2. The van der Waals surface area contributed by atoms with E-state index >= 15 is 0 Å². The van der Waals surface area contributed by atoms with E-state index in [4.69, 9.17) is 11.6 Å². The summed E-state index contributed by atoms with van der Waals surface area (Å²) >= 11 is 7.87. The van der Waals surface area contributed by atoms with Crippen LogP contribution in [0.15, 0.2) is 53.9 Å². The molecule has 0 amide bonds. The number of benzene rings is 2. The highest BCUT2D eigenvalue weighted by atomic mass is 35.5. The van der Waals surface area contributed by atoms with Gasteiger partial charge in [-0.1, -0.05) is 29.8 Å². The van der Waals surface area contributed by atoms with Gasteiger partial charge in [-0.15, -0.1) is 11.3 Å². The minimum Gasteiger partial charge on any atom is -0.368 e. The van der Waals surface area contributed by atoms with E-state index in [1.165, 1.54) is 17.7 Å². The summed E-state index contributed by atoms with van der Waals surface area (Å²) < 4.78 is 13.2. The molecule has 4 aromatic rings. The molecule has 1 aliphatic rings. The third-order valence-electron chi connectivity index (χ3n) is 5.52. The van der Waals surface area contributed by atoms with E-state index in [1.807, 2.05) is 12.1 Å². The molecule has 30 heavy (non-hydrogen) atoms. The average molecular weight is 439 g/mol. The molecule has 0 bridgehead atoms. The lowest BCUT2D eigenvalue weighted by molar-refractivity contribution is 0.624. The summed E-state index contributed by atoms with van der Waals surface area (Å²) in [5.41, 5.74) is 4.57. The number of thiophene rings is 1. The fourth-order valence-corrected chi connectivity index (χ4v) is 5.06. The van der Waals surface area contributed by atoms with Crippen LogP contribution in [0.1, 0.15) is 5.56 Å². The van der Waals surface area contributed by atoms with Gasteiger partial charge in [-0.05, 0) is 48.4 Å². The Morgan fingerprint density at radius 1 is 0.900 bits per heavy atom. The summed E-state index contributed by atoms with van der Waals surface area (Å²) in [6.07, 6.45) is 0. The predicted octanol–water partition coefficient (Wildman–Crippen LogP) is 5.79. The van der Waals surface area contributed by atoms with Crippen molar-refractivity contribution in [3.63, 3.8) is 0 Å². The van der Waals surface area contributed by atoms with E-state index in [1.54, 1.807) is 11.3 Å². The van der Waals surface area contributed by atoms with Gasteiger partial charge in [0, 0.05) is 42.8 Å². The molecule has 0 N–H and O–H groups in total. The van der Waals surface area contributed by atoms with E-state index in [-0.39, 0.29) is 11.1 Å². The van der Waals surface area contributed by atoms with E-state index in [0.29, 0.717) is 0 Å². The highest BCUT2D eigenvalue weighted by Crippen LogP contribution is 2.39. The molecule has 7 heteroatoms. The molecule has 2 aromatic carbocycles. The summed E-state index contributed by atoms with van der Waals surface area (Å²) in [6, 6.07) is 15.2. The van der Waals surface area contributed by atoms with Gasteiger partial charge in [0.15, 0.2) is 0 Å². The van der Waals surface area contributed by atoms with Crippen molar-refractivity contribution < 1.29 is 4.39 Å². The summed E-state index contributed by atoms with van der Waals surface area (Å²) in [6.45, 7) is 5.37. The van der Waals surface area contributed by atoms with Crippen molar-refractivity contribution >= 4 is 44.7 Å². The monoisotopic (exact) mass is 438 g/mol. The van der Waals surface area contributed by atoms with Crippen LogP contribution in [0, 0.1) is 12.7 Å². The Bertz CT molecular complexity index is 1180. The van der Waals surface area contributed by atoms with Crippen LogP contribution < -0.4 is 9.80 Å². The number of hydrogen-bond donors (Lipinski definition) is 0. The van der Waals surface area contributed by atoms with Crippen molar-refractivity contribution in [2.24, 2.45) is 0 Å². The molecule has 5 rings (SSSR count). The molecule has 0 aliphatic carbocycles. The van der Waals surface area contributed by atoms with Crippen molar-refractivity contribution in [2.75, 3.05) is 36.0 Å². The zero-order valence-electron chi connectivity index (χ0n) is 16.5. The van der Waals surface area contributed by atoms with Crippen molar-refractivity contribution in [1.82, 2.24) is 9.97 Å². The van der Waals surface area contributed by atoms with E-state index < -0.39 is 0 Å². The van der Waals surface area contributed by atoms with Gasteiger partial charge < -0.3 is 9.80 Å². The van der Waals surface area contributed by atoms with Crippen LogP contribution in [0.3, 0.4) is 0 Å². The lowest BCUT2D eigenvalue weighted by Crippen LogP contribution is -2.47. The largest absolute Gasteiger partial charge is 0.368 e. The van der Waals surface area contributed by atoms with Gasteiger partial charge in [0.1, 0.15) is 16.5 Å². The van der Waals surface area contributed by atoms with Gasteiger partial charge in [-0.25, -0.2) is 9.37 Å². The zero-order valence-corrected chi connectivity index (χ0v) is 18.1. The van der Waals surface area contributed by atoms with Gasteiger partial charge in [-0.2, -0.15) is 4.98 Å². The first-order valence-electron chi connectivity index (χ1n) is 9.86. The average Bonchev–Trinajstić information content (AvgIpc) is 3.18. The van der Waals surface area contributed by atoms with Crippen LogP contribution in [0.5, 0.6) is 0 Å². The zero-order chi connectivity index (χ0) is 20.7. The molecule has 3 heterocycles. The SMILES string of the molecule is Cc1ccc(-c2csc3nc(Cl)nc(N4CCN(c5ccc(F)cc5)CC4)c23)cc1. The molecule has 2 aromatic heterocycles. The third-order valence-corrected chi connectivity index (χ3v) is 6.56. The first-order chi connectivity index (χ1) is 14.6. The van der Waals surface area contributed by atoms with Gasteiger partial charge in [0.05, 0.1) is 5.39 Å². The second-order valence-corrected chi connectivity index (χ2v) is 8.66. The Morgan fingerprint density at radius 2 is 1.57 bits per heavy atom. The number of aryl methyl sites for hydroxylation is 1. The normalized spacial score (nSPS) is 14.5. The van der Waals surface area contributed by atoms with Crippen molar-refractivity contribution in [3.8, 4) is 11.1 Å². The van der Waals surface area contributed by atoms with Crippen LogP contribution in [-0.2, 0) is 0 Å². The molecule has 0 radical (unpaired) electrons. The minimum absolute atomic E-state index is 0.212. The Labute approximate surface area is 183 Å². The lowest BCUT2D eigenvalue weighted by atomic mass is 10.0. The lowest BCUT2D eigenvalue weighted by Gasteiger charge is -2.37. The Balaban J connectivity index is 1.47. The molecule has 4 nitrogen and oxygen atoms in total. The number of hydrogen-bond acceptors (Lipinski definition) is 5. The second kappa shape index (κ2) is 7.85. The molecule has 0 atom stereocenters. The summed E-state index contributed by atoms with van der Waals surface area (Å²) in [4.78, 5) is 14.5.